The highest BCUT2D eigenvalue weighted by atomic mass is 32.2. The van der Waals surface area contributed by atoms with Gasteiger partial charge in [-0.2, -0.15) is 8.42 Å². The highest BCUT2D eigenvalue weighted by Gasteiger charge is 2.28. The molecule has 0 aromatic carbocycles. The number of hydrogen-bond acceptors (Lipinski definition) is 4. The molecule has 0 fully saturated rings. The van der Waals surface area contributed by atoms with Gasteiger partial charge in [-0.15, -0.1) is 0 Å². The molecular weight excluding hydrogens is 220 g/mol. The van der Waals surface area contributed by atoms with E-state index in [1.807, 2.05) is 20.8 Å². The Balaban J connectivity index is 4.47. The van der Waals surface area contributed by atoms with Crippen LogP contribution in [0.3, 0.4) is 0 Å². The van der Waals surface area contributed by atoms with Crippen LogP contribution in [0, 0.1) is 11.3 Å². The van der Waals surface area contributed by atoms with E-state index in [1.165, 1.54) is 0 Å². The summed E-state index contributed by atoms with van der Waals surface area (Å²) in [5.41, 5.74) is -0.302. The molecule has 0 rings (SSSR count). The number of carbonyl (C=O) groups is 1. The van der Waals surface area contributed by atoms with Gasteiger partial charge in [0.15, 0.2) is 0 Å². The molecule has 1 atom stereocenters. The highest BCUT2D eigenvalue weighted by molar-refractivity contribution is 7.85. The monoisotopic (exact) mass is 238 g/mol. The zero-order valence-electron chi connectivity index (χ0n) is 9.48. The topological polar surface area (TPSA) is 80.7 Å². The smallest absolute Gasteiger partial charge is 0.303 e. The molecule has 0 aliphatic heterocycles. The quantitative estimate of drug-likeness (QED) is 0.725. The zero-order valence-corrected chi connectivity index (χ0v) is 10.3. The fourth-order valence-corrected chi connectivity index (χ4v) is 1.44. The summed E-state index contributed by atoms with van der Waals surface area (Å²) >= 11 is 0. The summed E-state index contributed by atoms with van der Waals surface area (Å²) < 4.78 is 26.2. The lowest BCUT2D eigenvalue weighted by atomic mass is 9.79. The van der Waals surface area contributed by atoms with E-state index in [9.17, 15) is 13.2 Å². The summed E-state index contributed by atoms with van der Waals surface area (Å²) in [5, 5.41) is 8.67. The Kier molecular flexibility index (Phi) is 4.73. The molecule has 90 valence electrons. The van der Waals surface area contributed by atoms with Gasteiger partial charge < -0.3 is 5.11 Å². The third kappa shape index (κ3) is 7.33. The van der Waals surface area contributed by atoms with Gasteiger partial charge in [-0.05, 0) is 11.3 Å². The van der Waals surface area contributed by atoms with Gasteiger partial charge in [0.25, 0.3) is 10.1 Å². The molecule has 0 heterocycles. The number of hydrogen-bond donors (Lipinski definition) is 1. The van der Waals surface area contributed by atoms with Crippen LogP contribution < -0.4 is 0 Å². The van der Waals surface area contributed by atoms with E-state index in [0.29, 0.717) is 0 Å². The van der Waals surface area contributed by atoms with E-state index >= 15 is 0 Å². The van der Waals surface area contributed by atoms with Crippen LogP contribution in [-0.2, 0) is 19.1 Å². The molecule has 0 aliphatic carbocycles. The first kappa shape index (κ1) is 14.4. The lowest BCUT2D eigenvalue weighted by molar-refractivity contribution is -0.139. The Morgan fingerprint density at radius 3 is 2.13 bits per heavy atom. The predicted octanol–water partition coefficient (Wildman–Crippen LogP) is 1.10. The van der Waals surface area contributed by atoms with Gasteiger partial charge in [0.05, 0.1) is 19.3 Å². The fourth-order valence-electron chi connectivity index (χ4n) is 1.03. The normalized spacial score (nSPS) is 14.9. The van der Waals surface area contributed by atoms with Crippen LogP contribution in [0.1, 0.15) is 27.2 Å². The second-order valence-electron chi connectivity index (χ2n) is 4.65. The van der Waals surface area contributed by atoms with Crippen LogP contribution in [0.15, 0.2) is 0 Å². The standard InChI is InChI=1S/C9H18O5S/c1-9(2,3)7(5-8(10)11)6-14-15(4,12)13/h7H,5-6H2,1-4H3,(H,10,11)/t7-/m0/s1. The molecule has 15 heavy (non-hydrogen) atoms. The maximum absolute atomic E-state index is 10.8. The first-order chi connectivity index (χ1) is 6.52. The van der Waals surface area contributed by atoms with E-state index in [0.717, 1.165) is 6.26 Å². The average molecular weight is 238 g/mol. The lowest BCUT2D eigenvalue weighted by Gasteiger charge is -2.28. The molecule has 0 saturated carbocycles. The van der Waals surface area contributed by atoms with Gasteiger partial charge in [0, 0.05) is 0 Å². The third-order valence-corrected chi connectivity index (χ3v) is 2.69. The van der Waals surface area contributed by atoms with E-state index in [4.69, 9.17) is 5.11 Å². The van der Waals surface area contributed by atoms with Crippen LogP contribution in [0.2, 0.25) is 0 Å². The molecule has 0 aromatic rings. The van der Waals surface area contributed by atoms with Crippen molar-refractivity contribution in [2.24, 2.45) is 11.3 Å². The van der Waals surface area contributed by atoms with Crippen molar-refractivity contribution in [3.05, 3.63) is 0 Å². The molecule has 6 heteroatoms. The molecule has 5 nitrogen and oxygen atoms in total. The SMILES string of the molecule is CC(C)(C)[C@H](COS(C)(=O)=O)CC(=O)O. The summed E-state index contributed by atoms with van der Waals surface area (Å²) in [4.78, 5) is 10.6. The molecule has 0 unspecified atom stereocenters. The van der Waals surface area contributed by atoms with Crippen LogP contribution in [-0.4, -0.2) is 32.4 Å². The summed E-state index contributed by atoms with van der Waals surface area (Å²) in [6, 6.07) is 0. The van der Waals surface area contributed by atoms with Crippen LogP contribution >= 0.6 is 0 Å². The summed E-state index contributed by atoms with van der Waals surface area (Å²) in [7, 11) is -3.51. The molecule has 0 saturated heterocycles. The third-order valence-electron chi connectivity index (χ3n) is 2.13. The molecule has 0 bridgehead atoms. The molecular formula is C9H18O5S. The maximum Gasteiger partial charge on any atom is 0.303 e. The minimum atomic E-state index is -3.51. The second-order valence-corrected chi connectivity index (χ2v) is 6.29. The minimum Gasteiger partial charge on any atom is -0.481 e. The van der Waals surface area contributed by atoms with E-state index in [1.54, 1.807) is 0 Å². The predicted molar refractivity (Wildman–Crippen MR) is 56.0 cm³/mol. The summed E-state index contributed by atoms with van der Waals surface area (Å²) in [6.07, 6.45) is 0.854. The number of carboxylic acids is 1. The van der Waals surface area contributed by atoms with Crippen molar-refractivity contribution in [2.45, 2.75) is 27.2 Å². The van der Waals surface area contributed by atoms with Crippen molar-refractivity contribution in [1.82, 2.24) is 0 Å². The highest BCUT2D eigenvalue weighted by Crippen LogP contribution is 2.29. The number of rotatable bonds is 5. The molecule has 0 radical (unpaired) electrons. The fraction of sp³-hybridized carbons (Fsp3) is 0.889. The average Bonchev–Trinajstić information content (AvgIpc) is 1.93. The van der Waals surface area contributed by atoms with Crippen LogP contribution in [0.5, 0.6) is 0 Å². The lowest BCUT2D eigenvalue weighted by Crippen LogP contribution is -2.28. The van der Waals surface area contributed by atoms with Crippen molar-refractivity contribution >= 4 is 16.1 Å². The number of carboxylic acid groups (broad SMARTS) is 1. The maximum atomic E-state index is 10.8. The van der Waals surface area contributed by atoms with Gasteiger partial charge in [0.1, 0.15) is 0 Å². The van der Waals surface area contributed by atoms with Crippen molar-refractivity contribution in [2.75, 3.05) is 12.9 Å². The van der Waals surface area contributed by atoms with E-state index < -0.39 is 16.1 Å². The molecule has 0 aliphatic rings. The molecule has 0 spiro atoms. The minimum absolute atomic E-state index is 0.0887. The Morgan fingerprint density at radius 2 is 1.87 bits per heavy atom. The number of aliphatic carboxylic acids is 1. The summed E-state index contributed by atoms with van der Waals surface area (Å²) in [6.45, 7) is 5.47. The van der Waals surface area contributed by atoms with Crippen molar-refractivity contribution < 1.29 is 22.5 Å². The van der Waals surface area contributed by atoms with Crippen LogP contribution in [0.25, 0.3) is 0 Å². The van der Waals surface area contributed by atoms with Crippen LogP contribution in [0.4, 0.5) is 0 Å². The second kappa shape index (κ2) is 4.94. The largest absolute Gasteiger partial charge is 0.481 e. The van der Waals surface area contributed by atoms with Gasteiger partial charge in [-0.1, -0.05) is 20.8 Å². The van der Waals surface area contributed by atoms with E-state index in [-0.39, 0.29) is 24.4 Å². The first-order valence-corrected chi connectivity index (χ1v) is 6.40. The Labute approximate surface area is 90.6 Å². The first-order valence-electron chi connectivity index (χ1n) is 4.58. The van der Waals surface area contributed by atoms with Crippen molar-refractivity contribution in [3.63, 3.8) is 0 Å². The molecule has 0 aromatic heterocycles. The molecule has 1 N–H and O–H groups in total. The Hall–Kier alpha value is -0.620. The molecule has 0 amide bonds. The summed E-state index contributed by atoms with van der Waals surface area (Å²) in [5.74, 6) is -1.28. The van der Waals surface area contributed by atoms with Gasteiger partial charge >= 0.3 is 5.97 Å². The Morgan fingerprint density at radius 1 is 1.40 bits per heavy atom. The van der Waals surface area contributed by atoms with Gasteiger partial charge in [-0.3, -0.25) is 8.98 Å². The van der Waals surface area contributed by atoms with Gasteiger partial charge in [0.2, 0.25) is 0 Å². The van der Waals surface area contributed by atoms with Crippen molar-refractivity contribution in [3.8, 4) is 0 Å². The van der Waals surface area contributed by atoms with Crippen molar-refractivity contribution in [1.29, 1.82) is 0 Å². The van der Waals surface area contributed by atoms with E-state index in [2.05, 4.69) is 4.18 Å². The zero-order chi connectivity index (χ0) is 12.3. The Bertz CT molecular complexity index is 312. The van der Waals surface area contributed by atoms with Gasteiger partial charge in [-0.25, -0.2) is 0 Å².